The maximum Gasteiger partial charge on any atom is 0.272 e. The molecular weight excluding hydrogens is 208 g/mol. The zero-order valence-corrected chi connectivity index (χ0v) is 9.67. The van der Waals surface area contributed by atoms with E-state index in [0.29, 0.717) is 11.4 Å². The zero-order chi connectivity index (χ0) is 12.1. The molecule has 1 amide bonds. The third-order valence-corrected chi connectivity index (χ3v) is 2.07. The van der Waals surface area contributed by atoms with E-state index in [9.17, 15) is 9.90 Å². The molecule has 0 aliphatic carbocycles. The Morgan fingerprint density at radius 2 is 2.38 bits per heavy atom. The molecule has 0 saturated carbocycles. The first-order valence-electron chi connectivity index (χ1n) is 4.98. The van der Waals surface area contributed by atoms with E-state index in [1.807, 2.05) is 0 Å². The number of rotatable bonds is 4. The molecule has 1 atom stereocenters. The van der Waals surface area contributed by atoms with E-state index in [2.05, 4.69) is 4.98 Å². The molecule has 0 saturated heterocycles. The monoisotopic (exact) mass is 224 g/mol. The van der Waals surface area contributed by atoms with Gasteiger partial charge in [0.05, 0.1) is 13.2 Å². The van der Waals surface area contributed by atoms with Crippen molar-refractivity contribution in [3.8, 4) is 5.75 Å². The summed E-state index contributed by atoms with van der Waals surface area (Å²) in [6.45, 7) is 1.90. The van der Waals surface area contributed by atoms with Gasteiger partial charge in [-0.3, -0.25) is 9.78 Å². The van der Waals surface area contributed by atoms with E-state index in [1.165, 1.54) is 18.2 Å². The van der Waals surface area contributed by atoms with Crippen LogP contribution in [0.1, 0.15) is 17.4 Å². The number of methoxy groups -OCH3 is 1. The summed E-state index contributed by atoms with van der Waals surface area (Å²) in [4.78, 5) is 17.2. The minimum absolute atomic E-state index is 0.236. The summed E-state index contributed by atoms with van der Waals surface area (Å²) < 4.78 is 5.01. The van der Waals surface area contributed by atoms with Crippen molar-refractivity contribution < 1.29 is 14.6 Å². The molecule has 5 heteroatoms. The van der Waals surface area contributed by atoms with Crippen LogP contribution in [0.15, 0.2) is 18.3 Å². The van der Waals surface area contributed by atoms with Gasteiger partial charge < -0.3 is 14.7 Å². The van der Waals surface area contributed by atoms with E-state index in [0.717, 1.165) is 0 Å². The average molecular weight is 224 g/mol. The Balaban J connectivity index is 2.79. The number of carbonyl (C=O) groups is 1. The molecule has 0 fully saturated rings. The van der Waals surface area contributed by atoms with Crippen molar-refractivity contribution in [2.45, 2.75) is 13.0 Å². The van der Waals surface area contributed by atoms with E-state index in [-0.39, 0.29) is 12.5 Å². The summed E-state index contributed by atoms with van der Waals surface area (Å²) in [6, 6.07) is 3.24. The Morgan fingerprint density at radius 1 is 1.69 bits per heavy atom. The number of hydrogen-bond acceptors (Lipinski definition) is 4. The molecule has 1 N–H and O–H groups in total. The summed E-state index contributed by atoms with van der Waals surface area (Å²) in [5, 5.41) is 9.18. The van der Waals surface area contributed by atoms with Crippen LogP contribution < -0.4 is 4.74 Å². The third-order valence-electron chi connectivity index (χ3n) is 2.07. The zero-order valence-electron chi connectivity index (χ0n) is 9.67. The first-order valence-corrected chi connectivity index (χ1v) is 4.98. The second-order valence-corrected chi connectivity index (χ2v) is 3.62. The van der Waals surface area contributed by atoms with Gasteiger partial charge in [-0.1, -0.05) is 0 Å². The summed E-state index contributed by atoms with van der Waals surface area (Å²) in [6.07, 6.45) is 0.960. The fraction of sp³-hybridized carbons (Fsp3) is 0.455. The van der Waals surface area contributed by atoms with E-state index < -0.39 is 6.10 Å². The predicted molar refractivity (Wildman–Crippen MR) is 59.4 cm³/mol. The minimum atomic E-state index is -0.556. The molecule has 0 aliphatic rings. The lowest BCUT2D eigenvalue weighted by molar-refractivity contribution is 0.0698. The molecule has 5 nitrogen and oxygen atoms in total. The number of hydrogen-bond donors (Lipinski definition) is 1. The fourth-order valence-electron chi connectivity index (χ4n) is 1.33. The molecule has 1 unspecified atom stereocenters. The van der Waals surface area contributed by atoms with Gasteiger partial charge in [0.1, 0.15) is 11.4 Å². The van der Waals surface area contributed by atoms with Gasteiger partial charge in [-0.15, -0.1) is 0 Å². The second-order valence-electron chi connectivity index (χ2n) is 3.62. The van der Waals surface area contributed by atoms with Gasteiger partial charge in [0.15, 0.2) is 0 Å². The van der Waals surface area contributed by atoms with Crippen molar-refractivity contribution in [3.05, 3.63) is 24.0 Å². The standard InChI is InChI=1S/C11H16N2O3/c1-8(14)7-13(2)11(15)10-6-9(16-3)4-5-12-10/h4-6,8,14H,7H2,1-3H3. The number of likely N-dealkylation sites (N-methyl/N-ethyl adjacent to an activating group) is 1. The largest absolute Gasteiger partial charge is 0.497 e. The highest BCUT2D eigenvalue weighted by atomic mass is 16.5. The van der Waals surface area contributed by atoms with E-state index >= 15 is 0 Å². The Morgan fingerprint density at radius 3 is 2.94 bits per heavy atom. The highest BCUT2D eigenvalue weighted by Crippen LogP contribution is 2.11. The smallest absolute Gasteiger partial charge is 0.272 e. The quantitative estimate of drug-likeness (QED) is 0.811. The molecule has 0 bridgehead atoms. The topological polar surface area (TPSA) is 62.7 Å². The number of aliphatic hydroxyl groups excluding tert-OH is 1. The van der Waals surface area contributed by atoms with E-state index in [1.54, 1.807) is 26.1 Å². The van der Waals surface area contributed by atoms with E-state index in [4.69, 9.17) is 4.74 Å². The highest BCUT2D eigenvalue weighted by Gasteiger charge is 2.15. The van der Waals surface area contributed by atoms with Gasteiger partial charge in [0.2, 0.25) is 0 Å². The summed E-state index contributed by atoms with van der Waals surface area (Å²) in [5.74, 6) is 0.351. The van der Waals surface area contributed by atoms with Crippen molar-refractivity contribution in [1.82, 2.24) is 9.88 Å². The molecule has 0 radical (unpaired) electrons. The number of amides is 1. The Bertz CT molecular complexity index is 366. The van der Waals surface area contributed by atoms with Crippen molar-refractivity contribution in [2.24, 2.45) is 0 Å². The maximum absolute atomic E-state index is 11.8. The van der Waals surface area contributed by atoms with Gasteiger partial charge in [-0.25, -0.2) is 0 Å². The van der Waals surface area contributed by atoms with Gasteiger partial charge >= 0.3 is 0 Å². The summed E-state index contributed by atoms with van der Waals surface area (Å²) >= 11 is 0. The van der Waals surface area contributed by atoms with Crippen molar-refractivity contribution in [3.63, 3.8) is 0 Å². The van der Waals surface area contributed by atoms with Crippen LogP contribution in [0.3, 0.4) is 0 Å². The van der Waals surface area contributed by atoms with Crippen molar-refractivity contribution in [2.75, 3.05) is 20.7 Å². The highest BCUT2D eigenvalue weighted by molar-refractivity contribution is 5.92. The maximum atomic E-state index is 11.8. The Hall–Kier alpha value is -1.62. The average Bonchev–Trinajstić information content (AvgIpc) is 2.27. The van der Waals surface area contributed by atoms with Crippen molar-refractivity contribution in [1.29, 1.82) is 0 Å². The van der Waals surface area contributed by atoms with Gasteiger partial charge in [-0.05, 0) is 13.0 Å². The first-order chi connectivity index (χ1) is 7.54. The minimum Gasteiger partial charge on any atom is -0.497 e. The third kappa shape index (κ3) is 3.20. The molecule has 1 aromatic heterocycles. The van der Waals surface area contributed by atoms with Crippen LogP contribution in [0, 0.1) is 0 Å². The molecule has 0 aliphatic heterocycles. The fourth-order valence-corrected chi connectivity index (χ4v) is 1.33. The molecule has 1 heterocycles. The van der Waals surface area contributed by atoms with Gasteiger partial charge in [0, 0.05) is 25.9 Å². The van der Waals surface area contributed by atoms with Crippen LogP contribution >= 0.6 is 0 Å². The predicted octanol–water partition coefficient (Wildman–Crippen LogP) is 0.543. The molecule has 0 spiro atoms. The van der Waals surface area contributed by atoms with Crippen molar-refractivity contribution >= 4 is 5.91 Å². The summed E-state index contributed by atoms with van der Waals surface area (Å²) in [7, 11) is 3.15. The number of ether oxygens (including phenoxy) is 1. The van der Waals surface area contributed by atoms with Crippen LogP contribution in [0.2, 0.25) is 0 Å². The molecule has 16 heavy (non-hydrogen) atoms. The lowest BCUT2D eigenvalue weighted by Crippen LogP contribution is -2.33. The molecule has 0 aromatic carbocycles. The lowest BCUT2D eigenvalue weighted by Gasteiger charge is -2.18. The van der Waals surface area contributed by atoms with Gasteiger partial charge in [-0.2, -0.15) is 0 Å². The Kier molecular flexibility index (Phi) is 4.25. The van der Waals surface area contributed by atoms with Crippen LogP contribution in [-0.4, -0.2) is 47.7 Å². The lowest BCUT2D eigenvalue weighted by atomic mass is 10.3. The Labute approximate surface area is 94.7 Å². The number of pyridine rings is 1. The molecular formula is C11H16N2O3. The van der Waals surface area contributed by atoms with Crippen LogP contribution in [0.25, 0.3) is 0 Å². The van der Waals surface area contributed by atoms with Gasteiger partial charge in [0.25, 0.3) is 5.91 Å². The molecule has 1 rings (SSSR count). The SMILES string of the molecule is COc1ccnc(C(=O)N(C)CC(C)O)c1. The number of aromatic nitrogens is 1. The number of aliphatic hydroxyl groups is 1. The summed E-state index contributed by atoms with van der Waals surface area (Å²) in [5.41, 5.74) is 0.308. The normalized spacial score (nSPS) is 12.0. The van der Waals surface area contributed by atoms with Crippen LogP contribution in [0.5, 0.6) is 5.75 Å². The van der Waals surface area contributed by atoms with Crippen LogP contribution in [0.4, 0.5) is 0 Å². The molecule has 88 valence electrons. The molecule has 1 aromatic rings. The first kappa shape index (κ1) is 12.4. The number of carbonyl (C=O) groups excluding carboxylic acids is 1. The van der Waals surface area contributed by atoms with Crippen LogP contribution in [-0.2, 0) is 0 Å². The second kappa shape index (κ2) is 5.46. The number of nitrogens with zero attached hydrogens (tertiary/aromatic N) is 2.